The van der Waals surface area contributed by atoms with Crippen molar-refractivity contribution >= 4 is 11.6 Å². The third kappa shape index (κ3) is 5.50. The molecule has 2 N–H and O–H groups in total. The number of methoxy groups -OCH3 is 1. The number of hydrogen-bond donors (Lipinski definition) is 2. The molecule has 0 amide bonds. The van der Waals surface area contributed by atoms with Crippen molar-refractivity contribution in [3.05, 3.63) is 48.8 Å². The molecule has 0 unspecified atom stereocenters. The molecule has 23 heavy (non-hydrogen) atoms. The van der Waals surface area contributed by atoms with Gasteiger partial charge in [0.1, 0.15) is 35.6 Å². The molecule has 0 saturated heterocycles. The van der Waals surface area contributed by atoms with Gasteiger partial charge in [-0.1, -0.05) is 6.08 Å². The lowest BCUT2D eigenvalue weighted by molar-refractivity contribution is 0.331. The van der Waals surface area contributed by atoms with Crippen LogP contribution in [0.25, 0.3) is 0 Å². The molecule has 0 aliphatic carbocycles. The van der Waals surface area contributed by atoms with E-state index in [1.54, 1.807) is 13.2 Å². The molecule has 6 heteroatoms. The van der Waals surface area contributed by atoms with Gasteiger partial charge in [0.25, 0.3) is 0 Å². The first kappa shape index (κ1) is 16.6. The van der Waals surface area contributed by atoms with Crippen molar-refractivity contribution in [1.29, 1.82) is 0 Å². The van der Waals surface area contributed by atoms with E-state index in [1.165, 1.54) is 0 Å². The van der Waals surface area contributed by atoms with Crippen LogP contribution in [0.4, 0.5) is 11.6 Å². The van der Waals surface area contributed by atoms with Gasteiger partial charge in [0.05, 0.1) is 13.7 Å². The number of rotatable bonds is 9. The fourth-order valence-electron chi connectivity index (χ4n) is 1.95. The van der Waals surface area contributed by atoms with Gasteiger partial charge >= 0.3 is 0 Å². The number of benzene rings is 1. The zero-order valence-electron chi connectivity index (χ0n) is 13.5. The molecular formula is C17H22N4O2. The predicted molar refractivity (Wildman–Crippen MR) is 92.4 cm³/mol. The zero-order chi connectivity index (χ0) is 16.5. The Bertz CT molecular complexity index is 629. The summed E-state index contributed by atoms with van der Waals surface area (Å²) in [6.45, 7) is 7.37. The molecule has 1 aromatic heterocycles. The molecule has 1 aromatic carbocycles. The summed E-state index contributed by atoms with van der Waals surface area (Å²) in [6, 6.07) is 9.36. The number of aryl methyl sites for hydroxylation is 1. The molecule has 0 aliphatic heterocycles. The molecule has 6 nitrogen and oxygen atoms in total. The number of aromatic nitrogens is 2. The Morgan fingerprint density at radius 3 is 2.39 bits per heavy atom. The van der Waals surface area contributed by atoms with E-state index in [1.807, 2.05) is 37.3 Å². The highest BCUT2D eigenvalue weighted by molar-refractivity contribution is 5.47. The Hall–Kier alpha value is -2.76. The average Bonchev–Trinajstić information content (AvgIpc) is 2.57. The molecule has 0 radical (unpaired) electrons. The van der Waals surface area contributed by atoms with Gasteiger partial charge in [-0.2, -0.15) is 0 Å². The lowest BCUT2D eigenvalue weighted by Gasteiger charge is -2.10. The monoisotopic (exact) mass is 314 g/mol. The molecule has 2 aromatic rings. The van der Waals surface area contributed by atoms with Crippen LogP contribution in [0.2, 0.25) is 0 Å². The van der Waals surface area contributed by atoms with Gasteiger partial charge in [0.2, 0.25) is 0 Å². The maximum absolute atomic E-state index is 5.66. The van der Waals surface area contributed by atoms with Crippen molar-refractivity contribution in [1.82, 2.24) is 9.97 Å². The molecule has 0 aliphatic rings. The van der Waals surface area contributed by atoms with Crippen LogP contribution in [-0.4, -0.2) is 36.8 Å². The van der Waals surface area contributed by atoms with E-state index in [0.717, 1.165) is 23.1 Å². The molecule has 122 valence electrons. The second kappa shape index (κ2) is 8.63. The van der Waals surface area contributed by atoms with Crippen molar-refractivity contribution in [2.75, 3.05) is 37.4 Å². The molecule has 0 fully saturated rings. The summed E-state index contributed by atoms with van der Waals surface area (Å²) in [6.07, 6.45) is 1.78. The predicted octanol–water partition coefficient (Wildman–Crippen LogP) is 2.88. The number of nitrogens with one attached hydrogen (secondary N) is 2. The van der Waals surface area contributed by atoms with Crippen LogP contribution in [0, 0.1) is 6.92 Å². The number of ether oxygens (including phenoxy) is 2. The molecule has 0 bridgehead atoms. The summed E-state index contributed by atoms with van der Waals surface area (Å²) in [5.41, 5.74) is 0. The fraction of sp³-hybridized carbons (Fsp3) is 0.294. The van der Waals surface area contributed by atoms with E-state index in [-0.39, 0.29) is 0 Å². The van der Waals surface area contributed by atoms with E-state index in [2.05, 4.69) is 27.2 Å². The topological polar surface area (TPSA) is 68.3 Å². The second-order valence-corrected chi connectivity index (χ2v) is 4.81. The summed E-state index contributed by atoms with van der Waals surface area (Å²) in [5.74, 6) is 3.86. The van der Waals surface area contributed by atoms with Crippen molar-refractivity contribution in [2.45, 2.75) is 6.92 Å². The van der Waals surface area contributed by atoms with Crippen LogP contribution >= 0.6 is 0 Å². The second-order valence-electron chi connectivity index (χ2n) is 4.81. The van der Waals surface area contributed by atoms with Gasteiger partial charge < -0.3 is 20.1 Å². The summed E-state index contributed by atoms with van der Waals surface area (Å²) >= 11 is 0. The minimum Gasteiger partial charge on any atom is -0.497 e. The van der Waals surface area contributed by atoms with E-state index in [0.29, 0.717) is 25.5 Å². The Labute approximate surface area is 136 Å². The van der Waals surface area contributed by atoms with E-state index < -0.39 is 0 Å². The first-order valence-corrected chi connectivity index (χ1v) is 7.42. The van der Waals surface area contributed by atoms with E-state index in [9.17, 15) is 0 Å². The lowest BCUT2D eigenvalue weighted by Crippen LogP contribution is -2.13. The van der Waals surface area contributed by atoms with E-state index >= 15 is 0 Å². The standard InChI is InChI=1S/C17H22N4O2/c1-4-9-18-16-12-17(21-13(2)20-16)19-10-11-23-15-7-5-14(22-3)6-8-15/h4-8,12H,1,9-11H2,2-3H3,(H2,18,19,20,21). The van der Waals surface area contributed by atoms with Gasteiger partial charge in [0, 0.05) is 12.6 Å². The van der Waals surface area contributed by atoms with Crippen LogP contribution in [-0.2, 0) is 0 Å². The first-order chi connectivity index (χ1) is 11.2. The van der Waals surface area contributed by atoms with Gasteiger partial charge in [0.15, 0.2) is 0 Å². The molecule has 0 saturated carbocycles. The van der Waals surface area contributed by atoms with Crippen LogP contribution < -0.4 is 20.1 Å². The summed E-state index contributed by atoms with van der Waals surface area (Å²) in [7, 11) is 1.64. The molecule has 0 spiro atoms. The van der Waals surface area contributed by atoms with Gasteiger partial charge in [-0.25, -0.2) is 9.97 Å². The molecule has 1 heterocycles. The minimum absolute atomic E-state index is 0.533. The zero-order valence-corrected chi connectivity index (χ0v) is 13.5. The van der Waals surface area contributed by atoms with Crippen LogP contribution in [0.5, 0.6) is 11.5 Å². The molecule has 2 rings (SSSR count). The molecule has 0 atom stereocenters. The van der Waals surface area contributed by atoms with Crippen molar-refractivity contribution in [3.63, 3.8) is 0 Å². The highest BCUT2D eigenvalue weighted by Crippen LogP contribution is 2.17. The largest absolute Gasteiger partial charge is 0.497 e. The number of nitrogens with zero attached hydrogens (tertiary/aromatic N) is 2. The normalized spacial score (nSPS) is 10.0. The third-order valence-corrected chi connectivity index (χ3v) is 3.00. The van der Waals surface area contributed by atoms with Crippen molar-refractivity contribution in [2.24, 2.45) is 0 Å². The quantitative estimate of drug-likeness (QED) is 0.548. The Morgan fingerprint density at radius 1 is 1.09 bits per heavy atom. The van der Waals surface area contributed by atoms with Crippen LogP contribution in [0.15, 0.2) is 43.0 Å². The van der Waals surface area contributed by atoms with Gasteiger partial charge in [-0.15, -0.1) is 6.58 Å². The first-order valence-electron chi connectivity index (χ1n) is 7.42. The lowest BCUT2D eigenvalue weighted by atomic mass is 10.3. The highest BCUT2D eigenvalue weighted by atomic mass is 16.5. The van der Waals surface area contributed by atoms with Crippen LogP contribution in [0.3, 0.4) is 0 Å². The third-order valence-electron chi connectivity index (χ3n) is 3.00. The Kier molecular flexibility index (Phi) is 6.23. The highest BCUT2D eigenvalue weighted by Gasteiger charge is 2.01. The average molecular weight is 314 g/mol. The Morgan fingerprint density at radius 2 is 1.74 bits per heavy atom. The summed E-state index contributed by atoms with van der Waals surface area (Å²) in [5, 5.41) is 6.38. The maximum atomic E-state index is 5.66. The fourth-order valence-corrected chi connectivity index (χ4v) is 1.95. The SMILES string of the molecule is C=CCNc1cc(NCCOc2ccc(OC)cc2)nc(C)n1. The van der Waals surface area contributed by atoms with E-state index in [4.69, 9.17) is 9.47 Å². The Balaban J connectivity index is 1.80. The molecular weight excluding hydrogens is 292 g/mol. The summed E-state index contributed by atoms with van der Waals surface area (Å²) < 4.78 is 10.8. The van der Waals surface area contributed by atoms with Crippen molar-refractivity contribution in [3.8, 4) is 11.5 Å². The van der Waals surface area contributed by atoms with Gasteiger partial charge in [-0.3, -0.25) is 0 Å². The maximum Gasteiger partial charge on any atom is 0.132 e. The van der Waals surface area contributed by atoms with Crippen LogP contribution in [0.1, 0.15) is 5.82 Å². The summed E-state index contributed by atoms with van der Waals surface area (Å²) in [4.78, 5) is 8.66. The number of anilines is 2. The number of hydrogen-bond acceptors (Lipinski definition) is 6. The van der Waals surface area contributed by atoms with Crippen molar-refractivity contribution < 1.29 is 9.47 Å². The minimum atomic E-state index is 0.533. The van der Waals surface area contributed by atoms with Gasteiger partial charge in [-0.05, 0) is 31.2 Å². The smallest absolute Gasteiger partial charge is 0.132 e.